The second-order valence-corrected chi connectivity index (χ2v) is 28.1. The molecule has 5 amide bonds. The maximum absolute atomic E-state index is 14.5. The summed E-state index contributed by atoms with van der Waals surface area (Å²) in [4.78, 5) is 93.9. The zero-order valence-corrected chi connectivity index (χ0v) is 56.6. The van der Waals surface area contributed by atoms with Gasteiger partial charge in [0.25, 0.3) is 5.91 Å². The summed E-state index contributed by atoms with van der Waals surface area (Å²) in [6.45, 7) is 8.22. The first kappa shape index (κ1) is 71.3. The van der Waals surface area contributed by atoms with Crippen molar-refractivity contribution in [2.45, 2.75) is 207 Å². The van der Waals surface area contributed by atoms with Gasteiger partial charge < -0.3 is 58.7 Å². The molecular weight excluding hydrogens is 1230 g/mol. The van der Waals surface area contributed by atoms with E-state index in [9.17, 15) is 33.9 Å². The predicted molar refractivity (Wildman–Crippen MR) is 352 cm³/mol. The molecule has 21 nitrogen and oxygen atoms in total. The Hall–Kier alpha value is -5.53. The first-order chi connectivity index (χ1) is 43.6. The number of carbonyl (C=O) groups is 6. The summed E-state index contributed by atoms with van der Waals surface area (Å²) < 4.78 is 41.4. The van der Waals surface area contributed by atoms with Gasteiger partial charge in [0.05, 0.1) is 68.1 Å². The third-order valence-electron chi connectivity index (χ3n) is 18.0. The van der Waals surface area contributed by atoms with Crippen LogP contribution in [0.4, 0.5) is 10.5 Å². The highest BCUT2D eigenvalue weighted by atomic mass is 35.5. The number of thioether (sulfide) groups is 2. The lowest BCUT2D eigenvalue weighted by atomic mass is 9.72. The van der Waals surface area contributed by atoms with Crippen molar-refractivity contribution in [3.05, 3.63) is 81.7 Å². The number of unbranched alkanes of at least 4 members (excludes halogenated alkanes) is 1. The summed E-state index contributed by atoms with van der Waals surface area (Å²) in [6.07, 6.45) is 15.3. The van der Waals surface area contributed by atoms with E-state index in [0.29, 0.717) is 59.9 Å². The van der Waals surface area contributed by atoms with Gasteiger partial charge in [-0.2, -0.15) is 23.5 Å². The van der Waals surface area contributed by atoms with Crippen LogP contribution < -0.4 is 25.6 Å². The fourth-order valence-electron chi connectivity index (χ4n) is 12.8. The van der Waals surface area contributed by atoms with Crippen molar-refractivity contribution >= 4 is 87.5 Å². The quantitative estimate of drug-likeness (QED) is 0.0606. The topological polar surface area (TPSA) is 256 Å². The largest absolute Gasteiger partial charge is 0.495 e. The summed E-state index contributed by atoms with van der Waals surface area (Å²) in [5.74, 6) is -0.0518. The average molecular weight is 1320 g/mol. The van der Waals surface area contributed by atoms with E-state index in [1.165, 1.54) is 102 Å². The second kappa shape index (κ2) is 33.5. The molecule has 8 bridgehead atoms. The van der Waals surface area contributed by atoms with Gasteiger partial charge in [-0.25, -0.2) is 19.6 Å². The lowest BCUT2D eigenvalue weighted by molar-refractivity contribution is -0.328. The molecule has 24 heteroatoms. The maximum atomic E-state index is 14.5. The molecule has 4 N–H and O–H groups in total. The minimum Gasteiger partial charge on any atom is -0.495 e. The Morgan fingerprint density at radius 2 is 1.56 bits per heavy atom. The van der Waals surface area contributed by atoms with Crippen LogP contribution in [-0.4, -0.2) is 175 Å². The van der Waals surface area contributed by atoms with E-state index in [1.54, 1.807) is 51.2 Å². The molecule has 1 aliphatic carbocycles. The molecule has 500 valence electrons. The highest BCUT2D eigenvalue weighted by Crippen LogP contribution is 2.51. The Bertz CT molecular complexity index is 3090. The van der Waals surface area contributed by atoms with E-state index < -0.39 is 65.2 Å². The number of anilines is 1. The van der Waals surface area contributed by atoms with E-state index in [2.05, 4.69) is 27.7 Å². The van der Waals surface area contributed by atoms with E-state index >= 15 is 0 Å². The number of hydrogen-bond donors (Lipinski definition) is 4. The van der Waals surface area contributed by atoms with Crippen molar-refractivity contribution in [1.29, 1.82) is 0 Å². The Labute approximate surface area is 549 Å². The number of nitrogens with zero attached hydrogens (tertiary/aromatic N) is 4. The predicted octanol–water partition coefficient (Wildman–Crippen LogP) is 9.87. The molecule has 9 rings (SSSR count). The number of allylic oxidation sites excluding steroid dienone is 3. The number of carbonyl (C=O) groups excluding carboxylic acids is 6. The number of ether oxygens (including phenoxy) is 7. The second-order valence-electron chi connectivity index (χ2n) is 25.2. The molecular formula is C67H94ClN7O14S2. The number of benzene rings is 2. The normalized spacial score (nSPS) is 27.2. The number of esters is 1. The number of likely N-dealkylation sites (N-methyl/N-ethyl adjacent to an activating group) is 1. The molecule has 1 aromatic heterocycles. The molecule has 91 heavy (non-hydrogen) atoms. The molecule has 3 fully saturated rings. The van der Waals surface area contributed by atoms with Gasteiger partial charge in [0.2, 0.25) is 17.7 Å². The minimum atomic E-state index is -1.91. The Kier molecular flexibility index (Phi) is 26.3. The third kappa shape index (κ3) is 19.5. The first-order valence-corrected chi connectivity index (χ1v) is 34.7. The number of halogens is 1. The van der Waals surface area contributed by atoms with Crippen LogP contribution in [0.3, 0.4) is 0 Å². The van der Waals surface area contributed by atoms with Crippen LogP contribution in [0, 0.1) is 0 Å². The van der Waals surface area contributed by atoms with Crippen LogP contribution in [0.5, 0.6) is 5.75 Å². The summed E-state index contributed by atoms with van der Waals surface area (Å²) in [5.41, 5.74) is 1.70. The van der Waals surface area contributed by atoms with Crippen molar-refractivity contribution in [3.8, 4) is 5.75 Å². The molecule has 3 aromatic rings. The number of rotatable bonds is 20. The molecule has 0 spiro atoms. The van der Waals surface area contributed by atoms with Crippen LogP contribution in [-0.2, 0) is 65.5 Å². The molecule has 6 aliphatic rings. The maximum Gasteiger partial charge on any atom is 0.409 e. The van der Waals surface area contributed by atoms with Gasteiger partial charge >= 0.3 is 12.1 Å². The van der Waals surface area contributed by atoms with Crippen LogP contribution in [0.1, 0.15) is 164 Å². The molecule has 1 saturated carbocycles. The Morgan fingerprint density at radius 1 is 0.890 bits per heavy atom. The molecule has 3 unspecified atom stereocenters. The Balaban J connectivity index is 0.784. The lowest BCUT2D eigenvalue weighted by Gasteiger charge is -2.59. The number of alkyl carbamates (subject to hydrolysis) is 1. The number of aliphatic hydroxyl groups is 1. The number of hydrogen-bond acceptors (Lipinski definition) is 18. The van der Waals surface area contributed by atoms with Gasteiger partial charge in [-0.15, -0.1) is 0 Å². The highest BCUT2D eigenvalue weighted by Gasteiger charge is 2.63. The molecule has 2 saturated heterocycles. The lowest BCUT2D eigenvalue weighted by Crippen LogP contribution is -2.72. The fraction of sp³-hybridized carbons (Fsp3) is 0.642. The van der Waals surface area contributed by atoms with Crippen LogP contribution >= 0.6 is 35.1 Å². The van der Waals surface area contributed by atoms with Crippen molar-refractivity contribution in [1.82, 2.24) is 30.8 Å². The van der Waals surface area contributed by atoms with Crippen molar-refractivity contribution in [2.24, 2.45) is 0 Å². The summed E-state index contributed by atoms with van der Waals surface area (Å²) in [7, 11) is 5.96. The molecule has 6 heterocycles. The zero-order chi connectivity index (χ0) is 65.3. The van der Waals surface area contributed by atoms with E-state index in [1.807, 2.05) is 36.9 Å². The van der Waals surface area contributed by atoms with Crippen molar-refractivity contribution in [2.75, 3.05) is 72.7 Å². The highest BCUT2D eigenvalue weighted by molar-refractivity contribution is 8.00. The smallest absolute Gasteiger partial charge is 0.409 e. The summed E-state index contributed by atoms with van der Waals surface area (Å²) in [6, 6.07) is 8.01. The zero-order valence-electron chi connectivity index (χ0n) is 54.2. The van der Waals surface area contributed by atoms with E-state index in [0.717, 1.165) is 45.1 Å². The van der Waals surface area contributed by atoms with Crippen molar-refractivity contribution in [3.63, 3.8) is 0 Å². The number of methoxy groups -OCH3 is 2. The van der Waals surface area contributed by atoms with Gasteiger partial charge in [-0.1, -0.05) is 80.3 Å². The number of amides is 5. The molecule has 5 aliphatic heterocycles. The van der Waals surface area contributed by atoms with Gasteiger partial charge in [-0.3, -0.25) is 24.5 Å². The number of aromatic nitrogens is 2. The van der Waals surface area contributed by atoms with E-state index in [-0.39, 0.29) is 75.4 Å². The fourth-order valence-corrected chi connectivity index (χ4v) is 15.9. The van der Waals surface area contributed by atoms with Gasteiger partial charge in [0.15, 0.2) is 5.72 Å². The molecule has 9 atom stereocenters. The third-order valence-corrected chi connectivity index (χ3v) is 21.1. The first-order valence-electron chi connectivity index (χ1n) is 32.2. The van der Waals surface area contributed by atoms with Crippen molar-refractivity contribution < 1.29 is 67.0 Å². The van der Waals surface area contributed by atoms with E-state index in [4.69, 9.17) is 54.7 Å². The molecule has 2 aromatic carbocycles. The number of fused-ring (bicyclic) bond motifs is 10. The van der Waals surface area contributed by atoms with Crippen LogP contribution in [0.2, 0.25) is 5.02 Å². The number of nitrogens with one attached hydrogen (secondary N) is 3. The van der Waals surface area contributed by atoms with Gasteiger partial charge in [-0.05, 0) is 102 Å². The van der Waals surface area contributed by atoms with Crippen LogP contribution in [0.15, 0.2) is 54.1 Å². The van der Waals surface area contributed by atoms with Gasteiger partial charge in [0, 0.05) is 88.0 Å². The molecule has 0 radical (unpaired) electrons. The Morgan fingerprint density at radius 3 is 2.23 bits per heavy atom. The monoisotopic (exact) mass is 1320 g/mol. The average Bonchev–Trinajstić information content (AvgIpc) is 0.741. The van der Waals surface area contributed by atoms with Gasteiger partial charge in [0.1, 0.15) is 46.3 Å². The van der Waals surface area contributed by atoms with Crippen LogP contribution in [0.25, 0.3) is 11.0 Å². The summed E-state index contributed by atoms with van der Waals surface area (Å²) >= 11 is 11.0. The standard InChI is InChI=1S/C67H94ClN7O14S2/c1-43-19-18-23-56(84-8)67(82)39-58(88-64(81)73-67)66(4)42-65(3,89-66)57(38-60(78)75(6)54-34-45(33-43)35-55(83-7)61(54)68)87-63(80)53(74(5)44(2)76)22-16-17-27-69-59(77)26-29-85-31-32-86-30-28-70-62(79)46-24-25-49-50(36-46)72-52-41-91-48-21-15-13-11-9-10-12-14-20-47(37-48)90-40-51(52)71-49/h18-19,23-25,34-36,47-48,53,56-58,82H,9-17,20-22,26-33,37-42H2,1-8H3,(H,69,77)(H,70,79)(H,73,81)/b23-18+,43-19+/t47?,48?,53-,56+,57-,58-,65+,66?,67-/m0/s1. The SMILES string of the molecule is COc1cc2cc(c1Cl)N(C)C(=O)C[C@H](OC(=O)[C@H](CCCCNC(=O)CCOCCOCCNC(=O)c1ccc3nc4c(nc3c1)CSC1CCCCCCCCCC(C1)SC4)N(C)C(C)=O)[C@@]1(C)CC(C)(O1)[C@@H]1C[C@@](O)(NC(=O)O1)[C@H](OC)/C=C/C=C(\C)C2. The summed E-state index contributed by atoms with van der Waals surface area (Å²) in [5, 5.41) is 21.8. The minimum absolute atomic E-state index is 0.110.